The van der Waals surface area contributed by atoms with Crippen LogP contribution in [-0.4, -0.2) is 36.5 Å². The highest BCUT2D eigenvalue weighted by molar-refractivity contribution is 7.11. The van der Waals surface area contributed by atoms with Crippen molar-refractivity contribution in [3.63, 3.8) is 0 Å². The van der Waals surface area contributed by atoms with Crippen LogP contribution >= 0.6 is 11.3 Å². The summed E-state index contributed by atoms with van der Waals surface area (Å²) in [6, 6.07) is 5.03. The molecule has 0 fully saturated rings. The first-order valence-corrected chi connectivity index (χ1v) is 7.83. The maximum atomic E-state index is 5.54. The molecule has 0 saturated carbocycles. The lowest BCUT2D eigenvalue weighted by Gasteiger charge is -2.09. The van der Waals surface area contributed by atoms with Crippen LogP contribution in [0.2, 0.25) is 0 Å². The van der Waals surface area contributed by atoms with Crippen molar-refractivity contribution in [3.8, 4) is 0 Å². The van der Waals surface area contributed by atoms with Gasteiger partial charge in [0.2, 0.25) is 5.89 Å². The van der Waals surface area contributed by atoms with Crippen LogP contribution in [0.3, 0.4) is 0 Å². The maximum absolute atomic E-state index is 5.54. The first kappa shape index (κ1) is 15.9. The van der Waals surface area contributed by atoms with Crippen molar-refractivity contribution < 1.29 is 9.15 Å². The van der Waals surface area contributed by atoms with Gasteiger partial charge in [-0.05, 0) is 26.0 Å². The molecule has 0 aromatic carbocycles. The van der Waals surface area contributed by atoms with Crippen LogP contribution in [0.5, 0.6) is 0 Å². The first-order chi connectivity index (χ1) is 10.2. The Morgan fingerprint density at radius 2 is 2.24 bits per heavy atom. The molecule has 2 aromatic heterocycles. The summed E-state index contributed by atoms with van der Waals surface area (Å²) >= 11 is 1.82. The Morgan fingerprint density at radius 3 is 2.95 bits per heavy atom. The van der Waals surface area contributed by atoms with E-state index in [4.69, 9.17) is 9.15 Å². The third kappa shape index (κ3) is 5.45. The summed E-state index contributed by atoms with van der Waals surface area (Å²) in [6.07, 6.45) is 0.947. The quantitative estimate of drug-likeness (QED) is 0.692. The average Bonchev–Trinajstić information content (AvgIpc) is 3.04. The number of aromatic nitrogens is 2. The fourth-order valence-electron chi connectivity index (χ4n) is 1.91. The zero-order valence-electron chi connectivity index (χ0n) is 12.7. The average molecular weight is 310 g/mol. The second-order valence-corrected chi connectivity index (χ2v) is 6.30. The zero-order valence-corrected chi connectivity index (χ0v) is 13.5. The van der Waals surface area contributed by atoms with Gasteiger partial charge in [0.15, 0.2) is 0 Å². The molecule has 7 heteroatoms. The van der Waals surface area contributed by atoms with E-state index in [1.165, 1.54) is 9.75 Å². The molecule has 0 spiro atoms. The van der Waals surface area contributed by atoms with Gasteiger partial charge in [0, 0.05) is 35.9 Å². The Kier molecular flexibility index (Phi) is 6.16. The zero-order chi connectivity index (χ0) is 15.1. The predicted molar refractivity (Wildman–Crippen MR) is 83.7 cm³/mol. The summed E-state index contributed by atoms with van der Waals surface area (Å²) in [7, 11) is 1.67. The molecule has 0 aliphatic rings. The number of nitrogens with one attached hydrogen (secondary N) is 2. The molecule has 1 atom stereocenters. The first-order valence-electron chi connectivity index (χ1n) is 7.01. The monoisotopic (exact) mass is 310 g/mol. The third-order valence-corrected chi connectivity index (χ3v) is 3.92. The molecule has 0 amide bonds. The largest absolute Gasteiger partial charge is 0.407 e. The highest BCUT2D eigenvalue weighted by atomic mass is 32.1. The van der Waals surface area contributed by atoms with E-state index in [0.29, 0.717) is 25.1 Å². The number of rotatable bonds is 9. The van der Waals surface area contributed by atoms with Crippen LogP contribution in [0.4, 0.5) is 6.01 Å². The predicted octanol–water partition coefficient (Wildman–Crippen LogP) is 2.22. The highest BCUT2D eigenvalue weighted by Gasteiger charge is 2.10. The van der Waals surface area contributed by atoms with Gasteiger partial charge in [-0.25, -0.2) is 0 Å². The van der Waals surface area contributed by atoms with Gasteiger partial charge in [0.05, 0.1) is 13.2 Å². The van der Waals surface area contributed by atoms with Crippen LogP contribution in [0.1, 0.15) is 22.6 Å². The van der Waals surface area contributed by atoms with E-state index in [9.17, 15) is 0 Å². The minimum absolute atomic E-state index is 0.248. The minimum Gasteiger partial charge on any atom is -0.407 e. The molecule has 0 aliphatic heterocycles. The Balaban J connectivity index is 1.76. The van der Waals surface area contributed by atoms with Gasteiger partial charge in [-0.15, -0.1) is 16.4 Å². The summed E-state index contributed by atoms with van der Waals surface area (Å²) < 4.78 is 10.5. The fourth-order valence-corrected chi connectivity index (χ4v) is 2.93. The van der Waals surface area contributed by atoms with Gasteiger partial charge < -0.3 is 19.8 Å². The summed E-state index contributed by atoms with van der Waals surface area (Å²) in [5, 5.41) is 14.4. The smallest absolute Gasteiger partial charge is 0.315 e. The number of anilines is 1. The fraction of sp³-hybridized carbons (Fsp3) is 0.571. The van der Waals surface area contributed by atoms with Crippen molar-refractivity contribution in [1.29, 1.82) is 0 Å². The molecule has 1 unspecified atom stereocenters. The lowest BCUT2D eigenvalue weighted by atomic mass is 10.2. The number of nitrogens with zero attached hydrogens (tertiary/aromatic N) is 2. The Morgan fingerprint density at radius 1 is 1.38 bits per heavy atom. The topological polar surface area (TPSA) is 72.2 Å². The minimum atomic E-state index is 0.248. The van der Waals surface area contributed by atoms with Crippen LogP contribution in [0.25, 0.3) is 0 Å². The van der Waals surface area contributed by atoms with Gasteiger partial charge in [0.1, 0.15) is 0 Å². The summed E-state index contributed by atoms with van der Waals surface area (Å²) in [5.41, 5.74) is 0. The molecular formula is C14H22N4O2S. The number of ether oxygens (including phenoxy) is 1. The number of aryl methyl sites for hydroxylation is 1. The van der Waals surface area contributed by atoms with Crippen molar-refractivity contribution in [2.75, 3.05) is 25.6 Å². The molecule has 2 aromatic rings. The van der Waals surface area contributed by atoms with E-state index in [-0.39, 0.29) is 6.04 Å². The molecule has 0 bridgehead atoms. The molecule has 21 heavy (non-hydrogen) atoms. The normalized spacial score (nSPS) is 12.5. The number of hydrogen-bond acceptors (Lipinski definition) is 7. The molecule has 2 rings (SSSR count). The van der Waals surface area contributed by atoms with Gasteiger partial charge in [-0.1, -0.05) is 5.10 Å². The lowest BCUT2D eigenvalue weighted by molar-refractivity contribution is 0.198. The Bertz CT molecular complexity index is 541. The van der Waals surface area contributed by atoms with E-state index in [1.807, 2.05) is 11.3 Å². The van der Waals surface area contributed by atoms with Crippen molar-refractivity contribution >= 4 is 17.4 Å². The molecular weight excluding hydrogens is 288 g/mol. The molecule has 6 nitrogen and oxygen atoms in total. The Labute approximate surface area is 128 Å². The number of methoxy groups -OCH3 is 1. The Hall–Kier alpha value is -1.44. The molecule has 2 N–H and O–H groups in total. The molecule has 0 saturated heterocycles. The van der Waals surface area contributed by atoms with Crippen LogP contribution < -0.4 is 10.6 Å². The van der Waals surface area contributed by atoms with Gasteiger partial charge in [0.25, 0.3) is 0 Å². The van der Waals surface area contributed by atoms with E-state index in [0.717, 1.165) is 13.0 Å². The van der Waals surface area contributed by atoms with Crippen LogP contribution in [0.15, 0.2) is 16.5 Å². The van der Waals surface area contributed by atoms with E-state index >= 15 is 0 Å². The standard InChI is InChI=1S/C14H22N4O2S/c1-10(8-12-5-4-11(2)21-12)16-14-18-17-13(20-14)9-15-6-7-19-3/h4-5,10,15H,6-9H2,1-3H3,(H,16,18). The molecule has 0 radical (unpaired) electrons. The third-order valence-electron chi connectivity index (χ3n) is 2.90. The van der Waals surface area contributed by atoms with Crippen molar-refractivity contribution in [2.24, 2.45) is 0 Å². The lowest BCUT2D eigenvalue weighted by Crippen LogP contribution is -2.18. The van der Waals surface area contributed by atoms with Gasteiger partial charge >= 0.3 is 6.01 Å². The maximum Gasteiger partial charge on any atom is 0.315 e. The summed E-state index contributed by atoms with van der Waals surface area (Å²) in [4.78, 5) is 2.69. The summed E-state index contributed by atoms with van der Waals surface area (Å²) in [5.74, 6) is 0.577. The second kappa shape index (κ2) is 8.11. The van der Waals surface area contributed by atoms with Crippen molar-refractivity contribution in [1.82, 2.24) is 15.5 Å². The van der Waals surface area contributed by atoms with E-state index < -0.39 is 0 Å². The SMILES string of the molecule is COCCNCc1nnc(NC(C)Cc2ccc(C)s2)o1. The number of thiophene rings is 1. The second-order valence-electron chi connectivity index (χ2n) is 4.93. The van der Waals surface area contributed by atoms with E-state index in [1.54, 1.807) is 7.11 Å². The van der Waals surface area contributed by atoms with Crippen LogP contribution in [-0.2, 0) is 17.7 Å². The molecule has 116 valence electrons. The van der Waals surface area contributed by atoms with Gasteiger partial charge in [-0.2, -0.15) is 0 Å². The van der Waals surface area contributed by atoms with E-state index in [2.05, 4.69) is 46.8 Å². The van der Waals surface area contributed by atoms with Gasteiger partial charge in [-0.3, -0.25) is 0 Å². The summed E-state index contributed by atoms with van der Waals surface area (Å²) in [6.45, 7) is 6.20. The van der Waals surface area contributed by atoms with Crippen molar-refractivity contribution in [3.05, 3.63) is 27.8 Å². The van der Waals surface area contributed by atoms with Crippen molar-refractivity contribution in [2.45, 2.75) is 32.9 Å². The molecule has 0 aliphatic carbocycles. The highest BCUT2D eigenvalue weighted by Crippen LogP contribution is 2.18. The molecule has 2 heterocycles. The van der Waals surface area contributed by atoms with Crippen LogP contribution in [0, 0.1) is 6.92 Å². The number of hydrogen-bond donors (Lipinski definition) is 2.